The Labute approximate surface area is 88.7 Å². The van der Waals surface area contributed by atoms with Crippen molar-refractivity contribution in [2.24, 2.45) is 0 Å². The Balaban J connectivity index is 2.36. The minimum absolute atomic E-state index is 0.0183. The van der Waals surface area contributed by atoms with Crippen LogP contribution in [0.1, 0.15) is 36.1 Å². The van der Waals surface area contributed by atoms with Crippen molar-refractivity contribution in [3.63, 3.8) is 0 Å². The molecule has 0 aliphatic heterocycles. The van der Waals surface area contributed by atoms with E-state index in [1.807, 2.05) is 18.2 Å². The minimum atomic E-state index is -0.0183. The molecule has 0 saturated carbocycles. The number of benzene rings is 1. The van der Waals surface area contributed by atoms with Crippen molar-refractivity contribution in [2.45, 2.75) is 25.8 Å². The highest BCUT2D eigenvalue weighted by Crippen LogP contribution is 2.32. The van der Waals surface area contributed by atoms with Gasteiger partial charge in [0.25, 0.3) is 0 Å². The molecule has 0 fully saturated rings. The molecule has 3 nitrogen and oxygen atoms in total. The molecular formula is C12H12N2O. The Bertz CT molecular complexity index is 445. The molecule has 0 spiro atoms. The summed E-state index contributed by atoms with van der Waals surface area (Å²) in [6.45, 7) is 1.52. The van der Waals surface area contributed by atoms with Crippen LogP contribution in [0.15, 0.2) is 18.2 Å². The smallest absolute Gasteiger partial charge is 0.217 e. The van der Waals surface area contributed by atoms with Crippen molar-refractivity contribution in [3.05, 3.63) is 34.9 Å². The number of nitrogens with one attached hydrogen (secondary N) is 1. The molecule has 1 aromatic carbocycles. The number of hydrogen-bond donors (Lipinski definition) is 1. The lowest BCUT2D eigenvalue weighted by Crippen LogP contribution is -2.24. The maximum Gasteiger partial charge on any atom is 0.217 e. The van der Waals surface area contributed by atoms with Crippen LogP contribution >= 0.6 is 0 Å². The highest BCUT2D eigenvalue weighted by Gasteiger charge is 2.24. The number of nitriles is 1. The van der Waals surface area contributed by atoms with E-state index >= 15 is 0 Å². The SMILES string of the molecule is CC(=O)NC1CCc2c(C#N)cccc21. The lowest BCUT2D eigenvalue weighted by molar-refractivity contribution is -0.119. The van der Waals surface area contributed by atoms with Gasteiger partial charge in [0.05, 0.1) is 17.7 Å². The minimum Gasteiger partial charge on any atom is -0.350 e. The summed E-state index contributed by atoms with van der Waals surface area (Å²) < 4.78 is 0. The average molecular weight is 200 g/mol. The van der Waals surface area contributed by atoms with Crippen molar-refractivity contribution in [2.75, 3.05) is 0 Å². The van der Waals surface area contributed by atoms with E-state index in [0.717, 1.165) is 29.5 Å². The van der Waals surface area contributed by atoms with Crippen molar-refractivity contribution in [1.29, 1.82) is 5.26 Å². The fraction of sp³-hybridized carbons (Fsp3) is 0.333. The molecule has 15 heavy (non-hydrogen) atoms. The molecule has 1 amide bonds. The average Bonchev–Trinajstić information content (AvgIpc) is 2.61. The standard InChI is InChI=1S/C12H12N2O/c1-8(15)14-12-6-5-10-9(7-13)3-2-4-11(10)12/h2-4,12H,5-6H2,1H3,(H,14,15). The lowest BCUT2D eigenvalue weighted by Gasteiger charge is -2.12. The molecule has 3 heteroatoms. The van der Waals surface area contributed by atoms with Crippen LogP contribution in [0.3, 0.4) is 0 Å². The molecule has 1 unspecified atom stereocenters. The van der Waals surface area contributed by atoms with E-state index in [-0.39, 0.29) is 11.9 Å². The molecule has 1 N–H and O–H groups in total. The zero-order chi connectivity index (χ0) is 10.8. The van der Waals surface area contributed by atoms with E-state index in [1.54, 1.807) is 0 Å². The number of hydrogen-bond acceptors (Lipinski definition) is 2. The van der Waals surface area contributed by atoms with Crippen molar-refractivity contribution >= 4 is 5.91 Å². The summed E-state index contributed by atoms with van der Waals surface area (Å²) in [6, 6.07) is 7.97. The summed E-state index contributed by atoms with van der Waals surface area (Å²) in [5.41, 5.74) is 2.93. The number of fused-ring (bicyclic) bond motifs is 1. The van der Waals surface area contributed by atoms with Crippen LogP contribution in [-0.2, 0) is 11.2 Å². The van der Waals surface area contributed by atoms with Gasteiger partial charge in [0.1, 0.15) is 0 Å². The fourth-order valence-electron chi connectivity index (χ4n) is 2.15. The monoisotopic (exact) mass is 200 g/mol. The maximum atomic E-state index is 11.0. The Morgan fingerprint density at radius 1 is 1.60 bits per heavy atom. The zero-order valence-corrected chi connectivity index (χ0v) is 8.58. The first-order chi connectivity index (χ1) is 7.22. The second-order valence-corrected chi connectivity index (χ2v) is 3.78. The van der Waals surface area contributed by atoms with E-state index in [2.05, 4.69) is 11.4 Å². The van der Waals surface area contributed by atoms with Gasteiger partial charge in [-0.1, -0.05) is 12.1 Å². The first kappa shape index (κ1) is 9.72. The number of carbonyl (C=O) groups is 1. The Morgan fingerprint density at radius 2 is 2.40 bits per heavy atom. The molecule has 0 aromatic heterocycles. The van der Waals surface area contributed by atoms with Crippen LogP contribution < -0.4 is 5.32 Å². The summed E-state index contributed by atoms with van der Waals surface area (Å²) in [6.07, 6.45) is 1.78. The summed E-state index contributed by atoms with van der Waals surface area (Å²) >= 11 is 0. The molecule has 0 bridgehead atoms. The topological polar surface area (TPSA) is 52.9 Å². The predicted octanol–water partition coefficient (Wildman–Crippen LogP) is 1.68. The van der Waals surface area contributed by atoms with E-state index in [4.69, 9.17) is 5.26 Å². The van der Waals surface area contributed by atoms with Crippen LogP contribution in [0.2, 0.25) is 0 Å². The summed E-state index contributed by atoms with van der Waals surface area (Å²) in [5, 5.41) is 11.8. The van der Waals surface area contributed by atoms with Gasteiger partial charge in [-0.2, -0.15) is 5.26 Å². The third-order valence-corrected chi connectivity index (χ3v) is 2.77. The highest BCUT2D eigenvalue weighted by atomic mass is 16.1. The van der Waals surface area contributed by atoms with Gasteiger partial charge in [0.15, 0.2) is 0 Å². The second kappa shape index (κ2) is 3.74. The van der Waals surface area contributed by atoms with Crippen molar-refractivity contribution < 1.29 is 4.79 Å². The molecule has 0 heterocycles. The van der Waals surface area contributed by atoms with E-state index in [1.165, 1.54) is 6.92 Å². The number of rotatable bonds is 1. The third kappa shape index (κ3) is 1.71. The fourth-order valence-corrected chi connectivity index (χ4v) is 2.15. The number of amides is 1. The molecule has 1 aliphatic rings. The first-order valence-corrected chi connectivity index (χ1v) is 5.01. The van der Waals surface area contributed by atoms with Crippen LogP contribution in [0.25, 0.3) is 0 Å². The van der Waals surface area contributed by atoms with Gasteiger partial charge in [-0.25, -0.2) is 0 Å². The largest absolute Gasteiger partial charge is 0.350 e. The maximum absolute atomic E-state index is 11.0. The summed E-state index contributed by atoms with van der Waals surface area (Å²) in [5.74, 6) is -0.0183. The third-order valence-electron chi connectivity index (χ3n) is 2.77. The van der Waals surface area contributed by atoms with Crippen LogP contribution in [0.5, 0.6) is 0 Å². The number of carbonyl (C=O) groups excluding carboxylic acids is 1. The van der Waals surface area contributed by atoms with Gasteiger partial charge in [0.2, 0.25) is 5.91 Å². The highest BCUT2D eigenvalue weighted by molar-refractivity contribution is 5.73. The van der Waals surface area contributed by atoms with Gasteiger partial charge >= 0.3 is 0 Å². The van der Waals surface area contributed by atoms with Crippen molar-refractivity contribution in [3.8, 4) is 6.07 Å². The molecule has 76 valence electrons. The molecule has 1 aliphatic carbocycles. The second-order valence-electron chi connectivity index (χ2n) is 3.78. The van der Waals surface area contributed by atoms with Crippen LogP contribution in [-0.4, -0.2) is 5.91 Å². The molecule has 1 atom stereocenters. The van der Waals surface area contributed by atoms with Gasteiger partial charge in [0, 0.05) is 6.92 Å². The normalized spacial score (nSPS) is 18.0. The van der Waals surface area contributed by atoms with Crippen molar-refractivity contribution in [1.82, 2.24) is 5.32 Å². The Kier molecular flexibility index (Phi) is 2.42. The zero-order valence-electron chi connectivity index (χ0n) is 8.58. The lowest BCUT2D eigenvalue weighted by atomic mass is 10.0. The summed E-state index contributed by atoms with van der Waals surface area (Å²) in [7, 11) is 0. The van der Waals surface area contributed by atoms with Crippen LogP contribution in [0.4, 0.5) is 0 Å². The van der Waals surface area contributed by atoms with E-state index in [0.29, 0.717) is 0 Å². The first-order valence-electron chi connectivity index (χ1n) is 5.01. The van der Waals surface area contributed by atoms with Gasteiger partial charge < -0.3 is 5.32 Å². The van der Waals surface area contributed by atoms with E-state index < -0.39 is 0 Å². The van der Waals surface area contributed by atoms with Gasteiger partial charge in [-0.05, 0) is 30.0 Å². The molecule has 1 aromatic rings. The van der Waals surface area contributed by atoms with Gasteiger partial charge in [-0.15, -0.1) is 0 Å². The molecular weight excluding hydrogens is 188 g/mol. The molecule has 0 saturated heterocycles. The quantitative estimate of drug-likeness (QED) is 0.749. The Hall–Kier alpha value is -1.82. The Morgan fingerprint density at radius 3 is 3.07 bits per heavy atom. The summed E-state index contributed by atoms with van der Waals surface area (Å²) in [4.78, 5) is 11.0. The van der Waals surface area contributed by atoms with Crippen LogP contribution in [0, 0.1) is 11.3 Å². The number of nitrogens with zero attached hydrogens (tertiary/aromatic N) is 1. The van der Waals surface area contributed by atoms with E-state index in [9.17, 15) is 4.79 Å². The molecule has 0 radical (unpaired) electrons. The van der Waals surface area contributed by atoms with Gasteiger partial charge in [-0.3, -0.25) is 4.79 Å². The molecule has 2 rings (SSSR count). The predicted molar refractivity (Wildman–Crippen MR) is 56.0 cm³/mol.